The van der Waals surface area contributed by atoms with E-state index in [2.05, 4.69) is 5.32 Å². The fourth-order valence-corrected chi connectivity index (χ4v) is 3.76. The highest BCUT2D eigenvalue weighted by Gasteiger charge is 2.22. The van der Waals surface area contributed by atoms with Gasteiger partial charge < -0.3 is 10.1 Å². The molecule has 0 saturated carbocycles. The van der Waals surface area contributed by atoms with Crippen molar-refractivity contribution in [2.45, 2.75) is 29.9 Å². The number of thioether (sulfide) groups is 1. The number of nitrogens with one attached hydrogen (secondary N) is 1. The molecule has 0 fully saturated rings. The average Bonchev–Trinajstić information content (AvgIpc) is 2.65. The van der Waals surface area contributed by atoms with Crippen LogP contribution in [0.5, 0.6) is 0 Å². The molecule has 0 heterocycles. The summed E-state index contributed by atoms with van der Waals surface area (Å²) in [5.74, 6) is -1.44. The van der Waals surface area contributed by atoms with Crippen LogP contribution in [0, 0.1) is 5.82 Å². The van der Waals surface area contributed by atoms with E-state index >= 15 is 0 Å². The summed E-state index contributed by atoms with van der Waals surface area (Å²) in [4.78, 5) is 24.7. The third-order valence-corrected chi connectivity index (χ3v) is 5.32. The van der Waals surface area contributed by atoms with Gasteiger partial charge in [0.25, 0.3) is 5.91 Å². The van der Waals surface area contributed by atoms with Crippen molar-refractivity contribution >= 4 is 40.9 Å². The minimum Gasteiger partial charge on any atom is -0.468 e. The van der Waals surface area contributed by atoms with Crippen LogP contribution in [-0.2, 0) is 9.53 Å². The van der Waals surface area contributed by atoms with Gasteiger partial charge >= 0.3 is 5.97 Å². The second kappa shape index (κ2) is 9.59. The van der Waals surface area contributed by atoms with Gasteiger partial charge in [-0.1, -0.05) is 43.1 Å². The first kappa shape index (κ1) is 20.3. The Morgan fingerprint density at radius 3 is 2.58 bits per heavy atom. The normalized spacial score (nSPS) is 11.7. The Labute approximate surface area is 161 Å². The Bertz CT molecular complexity index is 786. The van der Waals surface area contributed by atoms with Crippen LogP contribution in [0.1, 0.15) is 30.1 Å². The van der Waals surface area contributed by atoms with Gasteiger partial charge in [-0.25, -0.2) is 4.39 Å². The Kier molecular flexibility index (Phi) is 7.48. The first-order chi connectivity index (χ1) is 12.5. The van der Waals surface area contributed by atoms with E-state index in [4.69, 9.17) is 16.3 Å². The van der Waals surface area contributed by atoms with E-state index in [1.807, 2.05) is 6.92 Å². The van der Waals surface area contributed by atoms with Gasteiger partial charge in [-0.05, 0) is 30.7 Å². The maximum atomic E-state index is 14.2. The van der Waals surface area contributed by atoms with Gasteiger partial charge in [-0.15, -0.1) is 11.8 Å². The number of esters is 1. The van der Waals surface area contributed by atoms with E-state index in [9.17, 15) is 14.0 Å². The lowest BCUT2D eigenvalue weighted by molar-refractivity contribution is -0.140. The Hall–Kier alpha value is -2.05. The summed E-state index contributed by atoms with van der Waals surface area (Å²) in [7, 11) is 1.32. The quantitative estimate of drug-likeness (QED) is 0.519. The van der Waals surface area contributed by atoms with Crippen molar-refractivity contribution in [3.05, 3.63) is 58.9 Å². The highest BCUT2D eigenvalue weighted by Crippen LogP contribution is 2.36. The third kappa shape index (κ3) is 5.22. The molecule has 1 unspecified atom stereocenters. The molecule has 7 heteroatoms. The zero-order valence-electron chi connectivity index (χ0n) is 14.4. The summed E-state index contributed by atoms with van der Waals surface area (Å²) in [5.41, 5.74) is 0.417. The molecular formula is C19H19ClFNO3S. The lowest BCUT2D eigenvalue weighted by Gasteiger charge is -2.16. The van der Waals surface area contributed by atoms with Crippen LogP contribution in [-0.4, -0.2) is 24.2 Å². The summed E-state index contributed by atoms with van der Waals surface area (Å²) in [6.45, 7) is 1.95. The summed E-state index contributed by atoms with van der Waals surface area (Å²) in [5, 5.41) is 2.26. The van der Waals surface area contributed by atoms with Crippen molar-refractivity contribution in [3.8, 4) is 0 Å². The van der Waals surface area contributed by atoms with Crippen LogP contribution in [0.3, 0.4) is 0 Å². The lowest BCUT2D eigenvalue weighted by atomic mass is 10.2. The van der Waals surface area contributed by atoms with Crippen molar-refractivity contribution in [3.63, 3.8) is 0 Å². The number of amides is 1. The maximum absolute atomic E-state index is 14.2. The predicted octanol–water partition coefficient (Wildman–Crippen LogP) is 5.17. The molecule has 2 aromatic carbocycles. The zero-order valence-corrected chi connectivity index (χ0v) is 16.0. The third-order valence-electron chi connectivity index (χ3n) is 3.59. The zero-order chi connectivity index (χ0) is 19.1. The van der Waals surface area contributed by atoms with Crippen LogP contribution in [0.4, 0.5) is 10.1 Å². The van der Waals surface area contributed by atoms with Crippen LogP contribution < -0.4 is 5.32 Å². The fourth-order valence-electron chi connectivity index (χ4n) is 2.27. The molecule has 138 valence electrons. The number of ether oxygens (including phenoxy) is 1. The molecule has 4 nitrogen and oxygen atoms in total. The van der Waals surface area contributed by atoms with E-state index in [-0.39, 0.29) is 16.7 Å². The molecule has 0 saturated heterocycles. The number of hydrogen-bond donors (Lipinski definition) is 1. The Balaban J connectivity index is 2.25. The number of halogens is 2. The van der Waals surface area contributed by atoms with Gasteiger partial charge in [0, 0.05) is 10.5 Å². The second-order valence-electron chi connectivity index (χ2n) is 5.50. The topological polar surface area (TPSA) is 55.4 Å². The highest BCUT2D eigenvalue weighted by molar-refractivity contribution is 8.00. The number of methoxy groups -OCH3 is 1. The monoisotopic (exact) mass is 395 g/mol. The molecule has 26 heavy (non-hydrogen) atoms. The number of hydrogen-bond acceptors (Lipinski definition) is 4. The van der Waals surface area contributed by atoms with Gasteiger partial charge in [0.2, 0.25) is 0 Å². The van der Waals surface area contributed by atoms with E-state index < -0.39 is 17.0 Å². The van der Waals surface area contributed by atoms with Gasteiger partial charge in [0.05, 0.1) is 17.8 Å². The molecule has 1 N–H and O–H groups in total. The first-order valence-electron chi connectivity index (χ1n) is 8.06. The molecule has 0 spiro atoms. The summed E-state index contributed by atoms with van der Waals surface area (Å²) < 4.78 is 19.0. The van der Waals surface area contributed by atoms with Gasteiger partial charge in [0.15, 0.2) is 0 Å². The second-order valence-corrected chi connectivity index (χ2v) is 7.15. The first-order valence-corrected chi connectivity index (χ1v) is 9.32. The minimum absolute atomic E-state index is 0.00543. The molecule has 0 aliphatic rings. The number of rotatable bonds is 7. The van der Waals surface area contributed by atoms with Crippen LogP contribution >= 0.6 is 23.4 Å². The SMILES string of the molecule is CCCC(Sc1cc(NC(=O)c2ccccc2)c(F)cc1Cl)C(=O)OC. The standard InChI is InChI=1S/C19H19ClFNO3S/c1-3-7-16(19(24)25-2)26-17-11-15(14(21)10-13(17)20)22-18(23)12-8-5-4-6-9-12/h4-6,8-11,16H,3,7H2,1-2H3,(H,22,23). The van der Waals surface area contributed by atoms with Crippen molar-refractivity contribution in [2.75, 3.05) is 12.4 Å². The molecule has 2 rings (SSSR count). The van der Waals surface area contributed by atoms with Gasteiger partial charge in [-0.2, -0.15) is 0 Å². The smallest absolute Gasteiger partial charge is 0.319 e. The number of carbonyl (C=O) groups excluding carboxylic acids is 2. The van der Waals surface area contributed by atoms with Crippen molar-refractivity contribution in [2.24, 2.45) is 0 Å². The fraction of sp³-hybridized carbons (Fsp3) is 0.263. The minimum atomic E-state index is -0.645. The number of carbonyl (C=O) groups is 2. The van der Waals surface area contributed by atoms with E-state index in [0.717, 1.165) is 12.5 Å². The lowest BCUT2D eigenvalue weighted by Crippen LogP contribution is -2.18. The molecule has 0 aliphatic heterocycles. The predicted molar refractivity (Wildman–Crippen MR) is 102 cm³/mol. The molecule has 0 aromatic heterocycles. The summed E-state index contributed by atoms with van der Waals surface area (Å²) >= 11 is 7.32. The maximum Gasteiger partial charge on any atom is 0.319 e. The molecule has 0 aliphatic carbocycles. The van der Waals surface area contributed by atoms with E-state index in [0.29, 0.717) is 16.9 Å². The molecular weight excluding hydrogens is 377 g/mol. The Morgan fingerprint density at radius 1 is 1.27 bits per heavy atom. The molecule has 1 amide bonds. The number of benzene rings is 2. The van der Waals surface area contributed by atoms with Crippen LogP contribution in [0.15, 0.2) is 47.4 Å². The average molecular weight is 396 g/mol. The molecule has 2 aromatic rings. The van der Waals surface area contributed by atoms with Gasteiger partial charge in [-0.3, -0.25) is 9.59 Å². The van der Waals surface area contributed by atoms with Crippen molar-refractivity contribution in [1.29, 1.82) is 0 Å². The Morgan fingerprint density at radius 2 is 1.96 bits per heavy atom. The number of anilines is 1. The summed E-state index contributed by atoms with van der Waals surface area (Å²) in [6, 6.07) is 11.1. The van der Waals surface area contributed by atoms with Crippen LogP contribution in [0.25, 0.3) is 0 Å². The van der Waals surface area contributed by atoms with Gasteiger partial charge in [0.1, 0.15) is 11.1 Å². The largest absolute Gasteiger partial charge is 0.468 e. The van der Waals surface area contributed by atoms with E-state index in [1.54, 1.807) is 30.3 Å². The highest BCUT2D eigenvalue weighted by atomic mass is 35.5. The summed E-state index contributed by atoms with van der Waals surface area (Å²) in [6.07, 6.45) is 1.37. The van der Waals surface area contributed by atoms with Crippen molar-refractivity contribution in [1.82, 2.24) is 0 Å². The molecule has 1 atom stereocenters. The van der Waals surface area contributed by atoms with E-state index in [1.165, 1.54) is 24.9 Å². The molecule has 0 bridgehead atoms. The van der Waals surface area contributed by atoms with Crippen LogP contribution in [0.2, 0.25) is 5.02 Å². The van der Waals surface area contributed by atoms with Crippen molar-refractivity contribution < 1.29 is 18.7 Å². The molecule has 0 radical (unpaired) electrons.